The molecule has 49 heavy (non-hydrogen) atoms. The highest BCUT2D eigenvalue weighted by Gasteiger charge is 2.54. The SMILES string of the molecule is [N-]=[N+]=Nc1ccccc1[C@H]1OC(c2ccc(OCCCO)cc2)=N[C@@]1(CCS(=O)(=O)c1ccccc1)C(=O)NCCCCc1ccccc1. The highest BCUT2D eigenvalue weighted by atomic mass is 32.2. The van der Waals surface area contributed by atoms with Gasteiger partial charge in [-0.15, -0.1) is 0 Å². The monoisotopic (exact) mass is 681 g/mol. The van der Waals surface area contributed by atoms with Crippen LogP contribution < -0.4 is 10.1 Å². The van der Waals surface area contributed by atoms with Gasteiger partial charge in [0.25, 0.3) is 5.91 Å². The van der Waals surface area contributed by atoms with Gasteiger partial charge in [-0.05, 0) is 66.8 Å². The molecule has 0 saturated carbocycles. The number of nitrogens with zero attached hydrogens (tertiary/aromatic N) is 4. The first-order valence-corrected chi connectivity index (χ1v) is 17.9. The lowest BCUT2D eigenvalue weighted by Crippen LogP contribution is -2.49. The van der Waals surface area contributed by atoms with Gasteiger partial charge in [0.15, 0.2) is 21.5 Å². The Labute approximate surface area is 286 Å². The van der Waals surface area contributed by atoms with E-state index in [0.29, 0.717) is 42.9 Å². The second-order valence-electron chi connectivity index (χ2n) is 11.6. The summed E-state index contributed by atoms with van der Waals surface area (Å²) in [6.07, 6.45) is 1.54. The van der Waals surface area contributed by atoms with Crippen LogP contribution in [0.4, 0.5) is 5.69 Å². The molecule has 2 atom stereocenters. The molecule has 0 radical (unpaired) electrons. The minimum atomic E-state index is -3.83. The number of rotatable bonds is 17. The molecule has 0 saturated heterocycles. The van der Waals surface area contributed by atoms with Gasteiger partial charge < -0.3 is 19.9 Å². The molecule has 12 heteroatoms. The topological polar surface area (TPSA) is 163 Å². The molecule has 0 aromatic heterocycles. The first kappa shape index (κ1) is 35.2. The molecule has 0 spiro atoms. The van der Waals surface area contributed by atoms with E-state index in [4.69, 9.17) is 19.6 Å². The Morgan fingerprint density at radius 1 is 0.939 bits per heavy atom. The number of ether oxygens (including phenoxy) is 2. The standard InChI is InChI=1S/C37H39N5O6S/c38-42-41-33-18-8-7-17-32(33)34-37(23-27-49(45,46)31-15-5-2-6-16-31,36(44)39-24-10-9-14-28-12-3-1-4-13-28)40-35(48-34)29-19-21-30(22-20-29)47-26-11-25-43/h1-8,12-13,15-22,34,43H,9-11,14,23-27H2,(H,39,44)/t34-,37-/m1/s1. The summed E-state index contributed by atoms with van der Waals surface area (Å²) in [6.45, 7) is 0.697. The molecule has 11 nitrogen and oxygen atoms in total. The predicted octanol–water partition coefficient (Wildman–Crippen LogP) is 6.65. The fourth-order valence-corrected chi connectivity index (χ4v) is 7.07. The zero-order valence-electron chi connectivity index (χ0n) is 27.0. The predicted molar refractivity (Wildman–Crippen MR) is 187 cm³/mol. The molecule has 254 valence electrons. The molecule has 0 aliphatic carbocycles. The molecular weight excluding hydrogens is 643 g/mol. The molecular formula is C37H39N5O6S. The van der Waals surface area contributed by atoms with Crippen molar-refractivity contribution in [2.45, 2.75) is 48.6 Å². The molecule has 4 aromatic carbocycles. The number of carbonyl (C=O) groups excluding carboxylic acids is 1. The van der Waals surface area contributed by atoms with Crippen LogP contribution in [0, 0.1) is 0 Å². The van der Waals surface area contributed by atoms with Gasteiger partial charge in [-0.3, -0.25) is 4.79 Å². The minimum absolute atomic E-state index is 0.0125. The summed E-state index contributed by atoms with van der Waals surface area (Å²) in [5, 5.41) is 16.0. The molecule has 4 aromatic rings. The van der Waals surface area contributed by atoms with Crippen molar-refractivity contribution in [1.29, 1.82) is 0 Å². The largest absolute Gasteiger partial charge is 0.494 e. The summed E-state index contributed by atoms with van der Waals surface area (Å²) < 4.78 is 39.3. The molecule has 0 fully saturated rings. The number of aliphatic hydroxyl groups excluding tert-OH is 1. The molecule has 1 aliphatic heterocycles. The lowest BCUT2D eigenvalue weighted by atomic mass is 9.84. The van der Waals surface area contributed by atoms with Crippen molar-refractivity contribution in [3.8, 4) is 5.75 Å². The summed E-state index contributed by atoms with van der Waals surface area (Å²) in [6, 6.07) is 31.8. The zero-order chi connectivity index (χ0) is 34.5. The molecule has 1 aliphatic rings. The summed E-state index contributed by atoms with van der Waals surface area (Å²) in [4.78, 5) is 22.5. The first-order valence-electron chi connectivity index (χ1n) is 16.2. The molecule has 5 rings (SSSR count). The number of nitrogens with one attached hydrogen (secondary N) is 1. The second kappa shape index (κ2) is 16.8. The van der Waals surface area contributed by atoms with Gasteiger partial charge in [0, 0.05) is 47.7 Å². The molecule has 2 N–H and O–H groups in total. The summed E-state index contributed by atoms with van der Waals surface area (Å²) in [7, 11) is -3.83. The lowest BCUT2D eigenvalue weighted by Gasteiger charge is -2.31. The van der Waals surface area contributed by atoms with E-state index in [1.165, 1.54) is 17.7 Å². The van der Waals surface area contributed by atoms with Crippen LogP contribution in [-0.4, -0.2) is 56.4 Å². The van der Waals surface area contributed by atoms with Crippen LogP contribution >= 0.6 is 0 Å². The first-order chi connectivity index (χ1) is 23.9. The average Bonchev–Trinajstić information content (AvgIpc) is 3.53. The molecule has 1 heterocycles. The van der Waals surface area contributed by atoms with Crippen molar-refractivity contribution in [2.75, 3.05) is 25.5 Å². The summed E-state index contributed by atoms with van der Waals surface area (Å²) >= 11 is 0. The molecule has 0 unspecified atom stereocenters. The average molecular weight is 682 g/mol. The van der Waals surface area contributed by atoms with Crippen LogP contribution in [0.2, 0.25) is 0 Å². The zero-order valence-corrected chi connectivity index (χ0v) is 27.8. The highest BCUT2D eigenvalue weighted by Crippen LogP contribution is 2.46. The number of azide groups is 1. The number of unbranched alkanes of at least 4 members (excludes halogenated alkanes) is 1. The van der Waals surface area contributed by atoms with Crippen LogP contribution in [0.3, 0.4) is 0 Å². The van der Waals surface area contributed by atoms with Crippen molar-refractivity contribution < 1.29 is 27.8 Å². The van der Waals surface area contributed by atoms with Gasteiger partial charge in [-0.25, -0.2) is 13.4 Å². The number of amides is 1. The van der Waals surface area contributed by atoms with Crippen LogP contribution in [0.1, 0.15) is 48.5 Å². The van der Waals surface area contributed by atoms with Crippen LogP contribution in [-0.2, 0) is 25.8 Å². The number of carbonyl (C=O) groups is 1. The fraction of sp³-hybridized carbons (Fsp3) is 0.297. The maximum Gasteiger partial charge on any atom is 0.252 e. The second-order valence-corrected chi connectivity index (χ2v) is 13.7. The van der Waals surface area contributed by atoms with Gasteiger partial charge in [0.05, 0.1) is 17.3 Å². The van der Waals surface area contributed by atoms with Gasteiger partial charge in [0.1, 0.15) is 5.75 Å². The van der Waals surface area contributed by atoms with Crippen LogP contribution in [0.15, 0.2) is 124 Å². The number of aliphatic hydroxyl groups is 1. The summed E-state index contributed by atoms with van der Waals surface area (Å²) in [5.41, 5.74) is 10.0. The van der Waals surface area contributed by atoms with Crippen molar-refractivity contribution >= 4 is 27.3 Å². The number of aryl methyl sites for hydroxylation is 1. The lowest BCUT2D eigenvalue weighted by molar-refractivity contribution is -0.129. The van der Waals surface area contributed by atoms with Crippen LogP contribution in [0.25, 0.3) is 10.4 Å². The quantitative estimate of drug-likeness (QED) is 0.0549. The van der Waals surface area contributed by atoms with Crippen molar-refractivity contribution in [2.24, 2.45) is 10.1 Å². The van der Waals surface area contributed by atoms with Gasteiger partial charge in [-0.2, -0.15) is 0 Å². The smallest absolute Gasteiger partial charge is 0.252 e. The van der Waals surface area contributed by atoms with E-state index in [-0.39, 0.29) is 29.5 Å². The Hall–Kier alpha value is -5.16. The number of benzene rings is 4. The van der Waals surface area contributed by atoms with Gasteiger partial charge in [-0.1, -0.05) is 77.9 Å². The van der Waals surface area contributed by atoms with Crippen molar-refractivity contribution in [1.82, 2.24) is 5.32 Å². The highest BCUT2D eigenvalue weighted by molar-refractivity contribution is 7.91. The number of sulfone groups is 1. The maximum absolute atomic E-state index is 14.4. The minimum Gasteiger partial charge on any atom is -0.494 e. The normalized spacial score (nSPS) is 17.0. The van der Waals surface area contributed by atoms with E-state index in [0.717, 1.165) is 12.8 Å². The number of aliphatic imine (C=N–C) groups is 1. The Balaban J connectivity index is 1.50. The Kier molecular flexibility index (Phi) is 12.0. The third-order valence-electron chi connectivity index (χ3n) is 8.28. The third-order valence-corrected chi connectivity index (χ3v) is 10.0. The van der Waals surface area contributed by atoms with E-state index in [1.54, 1.807) is 66.7 Å². The Morgan fingerprint density at radius 2 is 1.63 bits per heavy atom. The van der Waals surface area contributed by atoms with E-state index >= 15 is 0 Å². The molecule has 1 amide bonds. The van der Waals surface area contributed by atoms with Gasteiger partial charge >= 0.3 is 0 Å². The van der Waals surface area contributed by atoms with E-state index in [2.05, 4.69) is 27.5 Å². The van der Waals surface area contributed by atoms with Crippen molar-refractivity contribution in [3.05, 3.63) is 136 Å². The Morgan fingerprint density at radius 3 is 2.35 bits per heavy atom. The van der Waals surface area contributed by atoms with E-state index in [9.17, 15) is 18.7 Å². The van der Waals surface area contributed by atoms with Crippen LogP contribution in [0.5, 0.6) is 5.75 Å². The third kappa shape index (κ3) is 8.85. The fourth-order valence-electron chi connectivity index (χ4n) is 5.69. The van der Waals surface area contributed by atoms with Gasteiger partial charge in [0.2, 0.25) is 5.90 Å². The Bertz CT molecular complexity index is 1880. The number of hydrogen-bond donors (Lipinski definition) is 2. The molecule has 0 bridgehead atoms. The van der Waals surface area contributed by atoms with E-state index < -0.39 is 33.1 Å². The maximum atomic E-state index is 14.4. The summed E-state index contributed by atoms with van der Waals surface area (Å²) in [5.74, 6) is -0.167. The van der Waals surface area contributed by atoms with Crippen molar-refractivity contribution in [3.63, 3.8) is 0 Å². The van der Waals surface area contributed by atoms with E-state index in [1.807, 2.05) is 18.2 Å². The number of hydrogen-bond acceptors (Lipinski definition) is 8.